The maximum atomic E-state index is 12.5. The molecule has 0 aliphatic carbocycles. The quantitative estimate of drug-likeness (QED) is 0.728. The second-order valence-electron chi connectivity index (χ2n) is 6.59. The van der Waals surface area contributed by atoms with E-state index in [0.29, 0.717) is 23.6 Å². The van der Waals surface area contributed by atoms with Gasteiger partial charge in [0.05, 0.1) is 25.1 Å². The monoisotopic (exact) mass is 406 g/mol. The van der Waals surface area contributed by atoms with Crippen LogP contribution in [0.25, 0.3) is 0 Å². The molecule has 0 fully saturated rings. The number of amides is 1. The highest BCUT2D eigenvalue weighted by atomic mass is 32.2. The van der Waals surface area contributed by atoms with Gasteiger partial charge in [0, 0.05) is 12.6 Å². The Kier molecular flexibility index (Phi) is 6.90. The molecule has 0 aromatic heterocycles. The molecule has 0 radical (unpaired) electrons. The highest BCUT2D eigenvalue weighted by Crippen LogP contribution is 2.23. The van der Waals surface area contributed by atoms with Gasteiger partial charge in [-0.2, -0.15) is 0 Å². The van der Waals surface area contributed by atoms with Gasteiger partial charge in [0.1, 0.15) is 18.1 Å². The van der Waals surface area contributed by atoms with E-state index in [4.69, 9.17) is 9.47 Å². The summed E-state index contributed by atoms with van der Waals surface area (Å²) in [4.78, 5) is 12.5. The molecule has 28 heavy (non-hydrogen) atoms. The maximum Gasteiger partial charge on any atom is 0.251 e. The van der Waals surface area contributed by atoms with Crippen LogP contribution in [-0.2, 0) is 10.0 Å². The summed E-state index contributed by atoms with van der Waals surface area (Å²) in [5, 5.41) is 2.86. The number of ether oxygens (including phenoxy) is 2. The molecule has 0 heterocycles. The number of anilines is 1. The summed E-state index contributed by atoms with van der Waals surface area (Å²) < 4.78 is 35.5. The molecule has 0 spiro atoms. The number of carbonyl (C=O) groups is 1. The van der Waals surface area contributed by atoms with E-state index >= 15 is 0 Å². The van der Waals surface area contributed by atoms with Crippen molar-refractivity contribution in [3.8, 4) is 11.5 Å². The lowest BCUT2D eigenvalue weighted by Gasteiger charge is -2.20. The van der Waals surface area contributed by atoms with E-state index in [1.54, 1.807) is 56.5 Å². The van der Waals surface area contributed by atoms with Gasteiger partial charge in [-0.3, -0.25) is 9.10 Å². The average Bonchev–Trinajstić information content (AvgIpc) is 2.65. The van der Waals surface area contributed by atoms with Crippen molar-refractivity contribution in [2.75, 3.05) is 31.3 Å². The number of aryl methyl sites for hydroxylation is 1. The van der Waals surface area contributed by atoms with Crippen molar-refractivity contribution < 1.29 is 22.7 Å². The van der Waals surface area contributed by atoms with Crippen molar-refractivity contribution in [3.63, 3.8) is 0 Å². The van der Waals surface area contributed by atoms with Crippen LogP contribution in [0, 0.1) is 6.92 Å². The molecule has 2 aromatic carbocycles. The summed E-state index contributed by atoms with van der Waals surface area (Å²) >= 11 is 0. The van der Waals surface area contributed by atoms with Gasteiger partial charge < -0.3 is 14.8 Å². The minimum atomic E-state index is -3.42. The third kappa shape index (κ3) is 5.63. The Morgan fingerprint density at radius 3 is 2.32 bits per heavy atom. The topological polar surface area (TPSA) is 84.9 Å². The summed E-state index contributed by atoms with van der Waals surface area (Å²) in [7, 11) is -0.358. The van der Waals surface area contributed by atoms with Crippen molar-refractivity contribution in [2.24, 2.45) is 0 Å². The smallest absolute Gasteiger partial charge is 0.251 e. The van der Waals surface area contributed by atoms with Crippen LogP contribution in [-0.4, -0.2) is 47.4 Å². The van der Waals surface area contributed by atoms with Gasteiger partial charge in [-0.05, 0) is 55.8 Å². The van der Waals surface area contributed by atoms with Gasteiger partial charge >= 0.3 is 0 Å². The van der Waals surface area contributed by atoms with Crippen LogP contribution < -0.4 is 19.1 Å². The number of sulfonamides is 1. The van der Waals surface area contributed by atoms with Gasteiger partial charge in [-0.1, -0.05) is 6.07 Å². The highest BCUT2D eigenvalue weighted by molar-refractivity contribution is 7.92. The highest BCUT2D eigenvalue weighted by Gasteiger charge is 2.17. The number of rotatable bonds is 8. The molecule has 0 bridgehead atoms. The minimum Gasteiger partial charge on any atom is -0.497 e. The second kappa shape index (κ2) is 8.97. The van der Waals surface area contributed by atoms with Gasteiger partial charge in [0.2, 0.25) is 10.0 Å². The second-order valence-corrected chi connectivity index (χ2v) is 8.61. The Morgan fingerprint density at radius 1 is 1.14 bits per heavy atom. The Bertz CT molecular complexity index is 926. The fourth-order valence-corrected chi connectivity index (χ4v) is 3.06. The van der Waals surface area contributed by atoms with Gasteiger partial charge in [-0.25, -0.2) is 8.42 Å². The van der Waals surface area contributed by atoms with Crippen LogP contribution in [0.1, 0.15) is 22.8 Å². The molecule has 2 rings (SSSR count). The zero-order valence-corrected chi connectivity index (χ0v) is 17.5. The van der Waals surface area contributed by atoms with Crippen molar-refractivity contribution in [1.82, 2.24) is 5.32 Å². The van der Waals surface area contributed by atoms with Gasteiger partial charge in [0.15, 0.2) is 0 Å². The summed E-state index contributed by atoms with van der Waals surface area (Å²) in [6, 6.07) is 11.9. The first-order chi connectivity index (χ1) is 13.1. The molecule has 0 saturated carbocycles. The molecule has 152 valence electrons. The predicted molar refractivity (Wildman–Crippen MR) is 110 cm³/mol. The minimum absolute atomic E-state index is 0.244. The number of nitrogens with one attached hydrogen (secondary N) is 1. The summed E-state index contributed by atoms with van der Waals surface area (Å²) in [5.74, 6) is 1.12. The molecule has 0 aliphatic rings. The first kappa shape index (κ1) is 21.6. The molecule has 8 heteroatoms. The third-order valence-corrected chi connectivity index (χ3v) is 5.44. The average molecular weight is 407 g/mol. The van der Waals surface area contributed by atoms with Crippen LogP contribution in [0.15, 0.2) is 42.5 Å². The molecule has 1 N–H and O–H groups in total. The van der Waals surface area contributed by atoms with Gasteiger partial charge in [-0.15, -0.1) is 0 Å². The number of carbonyl (C=O) groups excluding carboxylic acids is 1. The Morgan fingerprint density at radius 2 is 1.75 bits per heavy atom. The third-order valence-electron chi connectivity index (χ3n) is 4.24. The number of nitrogens with zero attached hydrogens (tertiary/aromatic N) is 1. The van der Waals surface area contributed by atoms with Crippen molar-refractivity contribution >= 4 is 21.6 Å². The van der Waals surface area contributed by atoms with Crippen LogP contribution >= 0.6 is 0 Å². The fraction of sp³-hybridized carbons (Fsp3) is 0.350. The zero-order chi connectivity index (χ0) is 20.9. The van der Waals surface area contributed by atoms with E-state index in [0.717, 1.165) is 21.9 Å². The molecule has 1 amide bonds. The molecule has 2 aromatic rings. The molecule has 0 saturated heterocycles. The van der Waals surface area contributed by atoms with Crippen molar-refractivity contribution in [2.45, 2.75) is 19.9 Å². The molecule has 7 nitrogen and oxygen atoms in total. The number of hydrogen-bond donors (Lipinski definition) is 1. The van der Waals surface area contributed by atoms with Crippen LogP contribution in [0.5, 0.6) is 11.5 Å². The fourth-order valence-electron chi connectivity index (χ4n) is 2.51. The molecular weight excluding hydrogens is 380 g/mol. The Balaban J connectivity index is 2.01. The summed E-state index contributed by atoms with van der Waals surface area (Å²) in [6.45, 7) is 3.92. The van der Waals surface area contributed by atoms with E-state index in [1.165, 1.54) is 7.05 Å². The van der Waals surface area contributed by atoms with Crippen LogP contribution in [0.3, 0.4) is 0 Å². The summed E-state index contributed by atoms with van der Waals surface area (Å²) in [6.07, 6.45) is 1.12. The lowest BCUT2D eigenvalue weighted by Crippen LogP contribution is -2.37. The van der Waals surface area contributed by atoms with Crippen LogP contribution in [0.2, 0.25) is 0 Å². The Hall–Kier alpha value is -2.74. The molecule has 1 atom stereocenters. The van der Waals surface area contributed by atoms with E-state index < -0.39 is 10.0 Å². The van der Waals surface area contributed by atoms with E-state index in [-0.39, 0.29) is 11.9 Å². The van der Waals surface area contributed by atoms with E-state index in [2.05, 4.69) is 5.32 Å². The zero-order valence-electron chi connectivity index (χ0n) is 16.7. The standard InChI is InChI=1S/C20H26N2O5S/c1-14-6-7-16(12-19(14)22(3)28(5,24)25)20(23)21-15(2)13-27-18-10-8-17(26-4)9-11-18/h6-12,15H,13H2,1-5H3,(H,21,23)/t15-/m0/s1. The summed E-state index contributed by atoms with van der Waals surface area (Å²) in [5.41, 5.74) is 1.62. The first-order valence-corrected chi connectivity index (χ1v) is 10.6. The molecular formula is C20H26N2O5S. The Labute approximate surface area is 166 Å². The predicted octanol–water partition coefficient (Wildman–Crippen LogP) is 2.60. The van der Waals surface area contributed by atoms with E-state index in [1.807, 2.05) is 6.92 Å². The first-order valence-electron chi connectivity index (χ1n) is 8.74. The number of benzene rings is 2. The molecule has 0 unspecified atom stereocenters. The number of methoxy groups -OCH3 is 1. The van der Waals surface area contributed by atoms with Crippen LogP contribution in [0.4, 0.5) is 5.69 Å². The van der Waals surface area contributed by atoms with Gasteiger partial charge in [0.25, 0.3) is 5.91 Å². The molecule has 0 aliphatic heterocycles. The lowest BCUT2D eigenvalue weighted by atomic mass is 10.1. The van der Waals surface area contributed by atoms with Crippen molar-refractivity contribution in [1.29, 1.82) is 0 Å². The maximum absolute atomic E-state index is 12.5. The van der Waals surface area contributed by atoms with Crippen molar-refractivity contribution in [3.05, 3.63) is 53.6 Å². The SMILES string of the molecule is COc1ccc(OC[C@H](C)NC(=O)c2ccc(C)c(N(C)S(C)(=O)=O)c2)cc1. The van der Waals surface area contributed by atoms with E-state index in [9.17, 15) is 13.2 Å². The normalized spacial score (nSPS) is 12.2. The largest absolute Gasteiger partial charge is 0.497 e. The lowest BCUT2D eigenvalue weighted by molar-refractivity contribution is 0.0926. The number of hydrogen-bond acceptors (Lipinski definition) is 5.